The smallest absolute Gasteiger partial charge is 0.125 e. The highest BCUT2D eigenvalue weighted by Crippen LogP contribution is 2.44. The highest BCUT2D eigenvalue weighted by Gasteiger charge is 2.43. The molecule has 0 aliphatic carbocycles. The molecule has 6 heteroatoms. The van der Waals surface area contributed by atoms with Gasteiger partial charge in [0.05, 0.1) is 19.3 Å². The monoisotopic (exact) mass is 422 g/mol. The Kier molecular flexibility index (Phi) is 5.16. The van der Waals surface area contributed by atoms with Gasteiger partial charge in [0.1, 0.15) is 17.1 Å². The molecule has 2 aromatic carbocycles. The highest BCUT2D eigenvalue weighted by molar-refractivity contribution is 5.84. The Hall–Kier alpha value is -2.54. The number of β-amino-alcohol motifs (C(OH)–C–C–N with tert-alkyl or cyclic N) is 1. The van der Waals surface area contributed by atoms with Crippen LogP contribution in [0.1, 0.15) is 48.2 Å². The van der Waals surface area contributed by atoms with E-state index in [0.717, 1.165) is 65.0 Å². The van der Waals surface area contributed by atoms with Crippen LogP contribution in [-0.4, -0.2) is 52.4 Å². The summed E-state index contributed by atoms with van der Waals surface area (Å²) in [6.07, 6.45) is 3.15. The maximum atomic E-state index is 10.9. The SMILES string of the molecule is COc1ccc2c([C@@H](O)CN3CCC4(CC3)C[C@@H](O)c3cc(C)ccc3O4)c[nH]c2c1. The number of ether oxygens (including phenoxy) is 2. The second kappa shape index (κ2) is 7.86. The number of benzene rings is 2. The lowest BCUT2D eigenvalue weighted by Crippen LogP contribution is -2.51. The van der Waals surface area contributed by atoms with E-state index in [0.29, 0.717) is 13.0 Å². The molecule has 1 fully saturated rings. The van der Waals surface area contributed by atoms with Gasteiger partial charge in [0.2, 0.25) is 0 Å². The first-order chi connectivity index (χ1) is 15.0. The van der Waals surface area contributed by atoms with Crippen molar-refractivity contribution < 1.29 is 19.7 Å². The fourth-order valence-corrected chi connectivity index (χ4v) is 5.08. The van der Waals surface area contributed by atoms with E-state index in [9.17, 15) is 10.2 Å². The first-order valence-electron chi connectivity index (χ1n) is 11.0. The summed E-state index contributed by atoms with van der Waals surface area (Å²) in [5, 5.41) is 22.7. The van der Waals surface area contributed by atoms with E-state index in [4.69, 9.17) is 9.47 Å². The van der Waals surface area contributed by atoms with Gasteiger partial charge in [-0.15, -0.1) is 0 Å². The van der Waals surface area contributed by atoms with Gasteiger partial charge in [-0.3, -0.25) is 0 Å². The van der Waals surface area contributed by atoms with Crippen LogP contribution in [0, 0.1) is 6.92 Å². The largest absolute Gasteiger partial charge is 0.497 e. The number of aliphatic hydroxyl groups is 2. The molecule has 1 spiro atoms. The van der Waals surface area contributed by atoms with Crippen LogP contribution in [0.2, 0.25) is 0 Å². The number of aromatic amines is 1. The predicted octanol–water partition coefficient (Wildman–Crippen LogP) is 3.87. The number of methoxy groups -OCH3 is 1. The van der Waals surface area contributed by atoms with Crippen molar-refractivity contribution in [3.05, 3.63) is 59.3 Å². The topological polar surface area (TPSA) is 78.0 Å². The number of piperidine rings is 1. The average molecular weight is 423 g/mol. The summed E-state index contributed by atoms with van der Waals surface area (Å²) >= 11 is 0. The number of hydrogen-bond donors (Lipinski definition) is 3. The molecular formula is C25H30N2O4. The first kappa shape index (κ1) is 20.4. The van der Waals surface area contributed by atoms with Crippen molar-refractivity contribution in [2.45, 2.75) is 44.0 Å². The van der Waals surface area contributed by atoms with E-state index in [1.807, 2.05) is 49.5 Å². The zero-order chi connectivity index (χ0) is 21.6. The van der Waals surface area contributed by atoms with Crippen molar-refractivity contribution in [2.75, 3.05) is 26.7 Å². The van der Waals surface area contributed by atoms with Crippen LogP contribution in [-0.2, 0) is 0 Å². The standard InChI is InChI=1S/C25H30N2O4/c1-16-3-6-24-19(11-16)22(28)13-25(31-24)7-9-27(10-8-25)15-23(29)20-14-26-21-12-17(30-2)4-5-18(20)21/h3-6,11-12,14,22-23,26,28-29H,7-10,13,15H2,1-2H3/t22-,23+/m1/s1. The molecule has 5 rings (SSSR count). The number of nitrogens with zero attached hydrogens (tertiary/aromatic N) is 1. The van der Waals surface area contributed by atoms with Crippen LogP contribution in [0.15, 0.2) is 42.6 Å². The van der Waals surface area contributed by atoms with Crippen molar-refractivity contribution in [3.63, 3.8) is 0 Å². The van der Waals surface area contributed by atoms with Crippen LogP contribution in [0.25, 0.3) is 10.9 Å². The van der Waals surface area contributed by atoms with Crippen molar-refractivity contribution in [1.29, 1.82) is 0 Å². The summed E-state index contributed by atoms with van der Waals surface area (Å²) in [7, 11) is 1.65. The third-order valence-corrected chi connectivity index (χ3v) is 6.89. The molecule has 0 unspecified atom stereocenters. The highest BCUT2D eigenvalue weighted by atomic mass is 16.5. The molecule has 3 heterocycles. The molecule has 0 saturated carbocycles. The molecule has 1 aromatic heterocycles. The number of aromatic nitrogens is 1. The summed E-state index contributed by atoms with van der Waals surface area (Å²) < 4.78 is 11.7. The van der Waals surface area contributed by atoms with Gasteiger partial charge in [-0.1, -0.05) is 11.6 Å². The first-order valence-corrected chi connectivity index (χ1v) is 11.0. The Morgan fingerprint density at radius 2 is 2.03 bits per heavy atom. The summed E-state index contributed by atoms with van der Waals surface area (Å²) in [5.41, 5.74) is 3.59. The van der Waals surface area contributed by atoms with E-state index in [1.54, 1.807) is 7.11 Å². The molecule has 2 atom stereocenters. The van der Waals surface area contributed by atoms with E-state index in [-0.39, 0.29) is 5.60 Å². The molecular weight excluding hydrogens is 392 g/mol. The zero-order valence-electron chi connectivity index (χ0n) is 18.1. The lowest BCUT2D eigenvalue weighted by atomic mass is 9.81. The second-order valence-corrected chi connectivity index (χ2v) is 9.02. The second-order valence-electron chi connectivity index (χ2n) is 9.02. The van der Waals surface area contributed by atoms with Gasteiger partial charge in [-0.05, 0) is 44.0 Å². The van der Waals surface area contributed by atoms with Gasteiger partial charge < -0.3 is 29.6 Å². The molecule has 31 heavy (non-hydrogen) atoms. The van der Waals surface area contributed by atoms with Gasteiger partial charge in [-0.25, -0.2) is 0 Å². The van der Waals surface area contributed by atoms with E-state index < -0.39 is 12.2 Å². The normalized spacial score (nSPS) is 21.6. The van der Waals surface area contributed by atoms with Crippen LogP contribution in [0.3, 0.4) is 0 Å². The molecule has 3 N–H and O–H groups in total. The molecule has 2 aliphatic rings. The maximum absolute atomic E-state index is 10.9. The van der Waals surface area contributed by atoms with E-state index >= 15 is 0 Å². The number of fused-ring (bicyclic) bond motifs is 2. The van der Waals surface area contributed by atoms with Crippen LogP contribution in [0.4, 0.5) is 0 Å². The van der Waals surface area contributed by atoms with Gasteiger partial charge in [0.25, 0.3) is 0 Å². The fraction of sp³-hybridized carbons (Fsp3) is 0.440. The lowest BCUT2D eigenvalue weighted by Gasteiger charge is -2.46. The molecule has 0 amide bonds. The van der Waals surface area contributed by atoms with Gasteiger partial charge >= 0.3 is 0 Å². The number of likely N-dealkylation sites (tertiary alicyclic amines) is 1. The number of aliphatic hydroxyl groups excluding tert-OH is 2. The van der Waals surface area contributed by atoms with Gasteiger partial charge in [0, 0.05) is 60.3 Å². The molecule has 164 valence electrons. The van der Waals surface area contributed by atoms with Crippen LogP contribution >= 0.6 is 0 Å². The minimum atomic E-state index is -0.572. The predicted molar refractivity (Wildman–Crippen MR) is 120 cm³/mol. The number of H-pyrrole nitrogens is 1. The quantitative estimate of drug-likeness (QED) is 0.595. The molecule has 3 aromatic rings. The molecule has 6 nitrogen and oxygen atoms in total. The molecule has 0 radical (unpaired) electrons. The third kappa shape index (κ3) is 3.80. The van der Waals surface area contributed by atoms with Crippen molar-refractivity contribution in [1.82, 2.24) is 9.88 Å². The number of rotatable bonds is 4. The third-order valence-electron chi connectivity index (χ3n) is 6.89. The summed E-state index contributed by atoms with van der Waals surface area (Å²) in [5.74, 6) is 1.61. The van der Waals surface area contributed by atoms with Crippen molar-refractivity contribution in [2.24, 2.45) is 0 Å². The van der Waals surface area contributed by atoms with Crippen molar-refractivity contribution in [3.8, 4) is 11.5 Å². The van der Waals surface area contributed by atoms with E-state index in [1.165, 1.54) is 0 Å². The van der Waals surface area contributed by atoms with Crippen LogP contribution in [0.5, 0.6) is 11.5 Å². The minimum Gasteiger partial charge on any atom is -0.497 e. The molecule has 1 saturated heterocycles. The van der Waals surface area contributed by atoms with E-state index in [2.05, 4.69) is 9.88 Å². The Morgan fingerprint density at radius 3 is 2.81 bits per heavy atom. The maximum Gasteiger partial charge on any atom is 0.125 e. The Bertz CT molecular complexity index is 1080. The minimum absolute atomic E-state index is 0.319. The number of nitrogens with one attached hydrogen (secondary N) is 1. The lowest BCUT2D eigenvalue weighted by molar-refractivity contribution is -0.0587. The number of aryl methyl sites for hydroxylation is 1. The van der Waals surface area contributed by atoms with Crippen LogP contribution < -0.4 is 9.47 Å². The van der Waals surface area contributed by atoms with Crippen molar-refractivity contribution >= 4 is 10.9 Å². The summed E-state index contributed by atoms with van der Waals surface area (Å²) in [6.45, 7) is 4.28. The molecule has 2 aliphatic heterocycles. The average Bonchev–Trinajstić information content (AvgIpc) is 3.19. The Balaban J connectivity index is 1.25. The fourth-order valence-electron chi connectivity index (χ4n) is 5.08. The molecule has 0 bridgehead atoms. The van der Waals surface area contributed by atoms with Gasteiger partial charge in [-0.2, -0.15) is 0 Å². The summed E-state index contributed by atoms with van der Waals surface area (Å²) in [4.78, 5) is 5.53. The zero-order valence-corrected chi connectivity index (χ0v) is 18.1. The van der Waals surface area contributed by atoms with Gasteiger partial charge in [0.15, 0.2) is 0 Å². The summed E-state index contributed by atoms with van der Waals surface area (Å²) in [6, 6.07) is 11.9. The Morgan fingerprint density at radius 1 is 1.23 bits per heavy atom. The Labute approximate surface area is 182 Å². The number of hydrogen-bond acceptors (Lipinski definition) is 5.